The Hall–Kier alpha value is -3.78. The van der Waals surface area contributed by atoms with Crippen LogP contribution in [0.25, 0.3) is 22.3 Å². The third-order valence-electron chi connectivity index (χ3n) is 5.40. The van der Waals surface area contributed by atoms with Crippen LogP contribution in [0.5, 0.6) is 0 Å². The second-order valence-corrected chi connectivity index (χ2v) is 7.61. The van der Waals surface area contributed by atoms with Crippen molar-refractivity contribution in [1.29, 1.82) is 0 Å². The third-order valence-corrected chi connectivity index (χ3v) is 5.40. The van der Waals surface area contributed by atoms with Gasteiger partial charge in [-0.05, 0) is 43.5 Å². The van der Waals surface area contributed by atoms with Crippen molar-refractivity contribution in [1.82, 2.24) is 0 Å². The minimum absolute atomic E-state index is 0.908. The molecule has 0 bridgehead atoms. The van der Waals surface area contributed by atoms with E-state index in [0.717, 1.165) is 45.1 Å². The van der Waals surface area contributed by atoms with Crippen LogP contribution in [-0.2, 0) is 0 Å². The van der Waals surface area contributed by atoms with Crippen molar-refractivity contribution in [3.63, 3.8) is 0 Å². The van der Waals surface area contributed by atoms with Crippen LogP contribution in [0.15, 0.2) is 113 Å². The maximum absolute atomic E-state index is 5.02. The number of rotatable bonds is 5. The lowest BCUT2D eigenvalue weighted by Crippen LogP contribution is -2.05. The van der Waals surface area contributed by atoms with E-state index in [9.17, 15) is 0 Å². The summed E-state index contributed by atoms with van der Waals surface area (Å²) in [6.45, 7) is 6.17. The molecular formula is C29H26N2. The summed E-state index contributed by atoms with van der Waals surface area (Å²) in [7, 11) is 0. The summed E-state index contributed by atoms with van der Waals surface area (Å²) in [4.78, 5) is 9.97. The number of hydrogen-bond donors (Lipinski definition) is 0. The number of aryl methyl sites for hydroxylation is 1. The maximum Gasteiger partial charge on any atom is 0.0741 e. The Bertz CT molecular complexity index is 1240. The molecule has 0 atom stereocenters. The highest BCUT2D eigenvalue weighted by Crippen LogP contribution is 2.34. The van der Waals surface area contributed by atoms with Crippen molar-refractivity contribution in [3.05, 3.63) is 109 Å². The summed E-state index contributed by atoms with van der Waals surface area (Å²) < 4.78 is 0. The predicted octanol–water partition coefficient (Wildman–Crippen LogP) is 8.21. The lowest BCUT2D eigenvalue weighted by atomic mass is 10.0. The molecule has 0 fully saturated rings. The molecule has 0 N–H and O–H groups in total. The van der Waals surface area contributed by atoms with E-state index in [1.807, 2.05) is 32.0 Å². The zero-order valence-electron chi connectivity index (χ0n) is 18.2. The third kappa shape index (κ3) is 4.70. The summed E-state index contributed by atoms with van der Waals surface area (Å²) in [6.07, 6.45) is 0. The summed E-state index contributed by atoms with van der Waals surface area (Å²) in [5.74, 6) is 0. The monoisotopic (exact) mass is 402 g/mol. The molecule has 4 rings (SSSR count). The van der Waals surface area contributed by atoms with Gasteiger partial charge in [-0.2, -0.15) is 0 Å². The van der Waals surface area contributed by atoms with Gasteiger partial charge in [0.1, 0.15) is 0 Å². The topological polar surface area (TPSA) is 24.7 Å². The Morgan fingerprint density at radius 2 is 1.03 bits per heavy atom. The summed E-state index contributed by atoms with van der Waals surface area (Å²) in [5, 5.41) is 0. The highest BCUT2D eigenvalue weighted by Gasteiger charge is 2.09. The van der Waals surface area contributed by atoms with Crippen LogP contribution in [0, 0.1) is 6.92 Å². The van der Waals surface area contributed by atoms with Gasteiger partial charge < -0.3 is 0 Å². The van der Waals surface area contributed by atoms with E-state index >= 15 is 0 Å². The molecule has 31 heavy (non-hydrogen) atoms. The number of benzene rings is 4. The van der Waals surface area contributed by atoms with Gasteiger partial charge in [0.05, 0.1) is 22.8 Å². The van der Waals surface area contributed by atoms with Crippen LogP contribution in [0.1, 0.15) is 19.4 Å². The van der Waals surface area contributed by atoms with Crippen molar-refractivity contribution in [2.24, 2.45) is 9.98 Å². The number of nitrogens with zero attached hydrogens (tertiary/aromatic N) is 2. The first-order valence-corrected chi connectivity index (χ1v) is 10.5. The molecule has 0 amide bonds. The number of hydrogen-bond acceptors (Lipinski definition) is 2. The van der Waals surface area contributed by atoms with Gasteiger partial charge in [0, 0.05) is 11.1 Å². The Morgan fingerprint density at radius 3 is 1.71 bits per heavy atom. The Kier molecular flexibility index (Phi) is 6.18. The summed E-state index contributed by atoms with van der Waals surface area (Å²) in [5.41, 5.74) is 9.51. The highest BCUT2D eigenvalue weighted by molar-refractivity contribution is 6.41. The van der Waals surface area contributed by atoms with Gasteiger partial charge in [-0.1, -0.05) is 97.1 Å². The molecule has 2 nitrogen and oxygen atoms in total. The SMILES string of the molecule is CC(=Nc1ccccc1-c1ccccc1)C(C)=Nc1c(C)cccc1-c1ccccc1. The first-order valence-electron chi connectivity index (χ1n) is 10.5. The largest absolute Gasteiger partial charge is 0.251 e. The second-order valence-electron chi connectivity index (χ2n) is 7.61. The Balaban J connectivity index is 1.74. The van der Waals surface area contributed by atoms with Crippen LogP contribution in [-0.4, -0.2) is 11.4 Å². The number of para-hydroxylation sites is 2. The molecule has 0 radical (unpaired) electrons. The smallest absolute Gasteiger partial charge is 0.0741 e. The molecule has 0 spiro atoms. The normalized spacial score (nSPS) is 12.1. The van der Waals surface area contributed by atoms with Crippen molar-refractivity contribution < 1.29 is 0 Å². The van der Waals surface area contributed by atoms with Crippen molar-refractivity contribution in [3.8, 4) is 22.3 Å². The fourth-order valence-electron chi connectivity index (χ4n) is 3.60. The molecular weight excluding hydrogens is 376 g/mol. The molecule has 2 heteroatoms. The lowest BCUT2D eigenvalue weighted by Gasteiger charge is -2.11. The van der Waals surface area contributed by atoms with E-state index in [4.69, 9.17) is 9.98 Å². The highest BCUT2D eigenvalue weighted by atomic mass is 14.8. The van der Waals surface area contributed by atoms with Crippen molar-refractivity contribution >= 4 is 22.8 Å². The Labute approximate surface area is 184 Å². The van der Waals surface area contributed by atoms with Gasteiger partial charge in [0.15, 0.2) is 0 Å². The molecule has 0 saturated carbocycles. The van der Waals surface area contributed by atoms with Gasteiger partial charge in [-0.25, -0.2) is 0 Å². The van der Waals surface area contributed by atoms with E-state index in [1.165, 1.54) is 5.56 Å². The minimum Gasteiger partial charge on any atom is -0.251 e. The fraction of sp³-hybridized carbons (Fsp3) is 0.103. The van der Waals surface area contributed by atoms with E-state index in [0.29, 0.717) is 0 Å². The zero-order valence-corrected chi connectivity index (χ0v) is 18.2. The van der Waals surface area contributed by atoms with Crippen LogP contribution in [0.4, 0.5) is 11.4 Å². The number of aliphatic imine (C=N–C) groups is 2. The van der Waals surface area contributed by atoms with Gasteiger partial charge in [-0.15, -0.1) is 0 Å². The van der Waals surface area contributed by atoms with Gasteiger partial charge >= 0.3 is 0 Å². The second kappa shape index (κ2) is 9.36. The van der Waals surface area contributed by atoms with Crippen LogP contribution in [0.2, 0.25) is 0 Å². The van der Waals surface area contributed by atoms with Crippen LogP contribution < -0.4 is 0 Å². The molecule has 0 aromatic heterocycles. The first-order chi connectivity index (χ1) is 15.1. The average molecular weight is 403 g/mol. The molecule has 4 aromatic rings. The average Bonchev–Trinajstić information content (AvgIpc) is 2.82. The molecule has 4 aromatic carbocycles. The molecule has 152 valence electrons. The molecule has 0 unspecified atom stereocenters. The van der Waals surface area contributed by atoms with Crippen LogP contribution >= 0.6 is 0 Å². The summed E-state index contributed by atoms with van der Waals surface area (Å²) in [6, 6.07) is 35.4. The summed E-state index contributed by atoms with van der Waals surface area (Å²) >= 11 is 0. The van der Waals surface area contributed by atoms with E-state index in [1.54, 1.807) is 0 Å². The van der Waals surface area contributed by atoms with E-state index in [-0.39, 0.29) is 0 Å². The molecule has 0 saturated heterocycles. The fourth-order valence-corrected chi connectivity index (χ4v) is 3.60. The molecule has 0 heterocycles. The quantitative estimate of drug-likeness (QED) is 0.300. The van der Waals surface area contributed by atoms with E-state index in [2.05, 4.69) is 91.9 Å². The minimum atomic E-state index is 0.908. The molecule has 0 aliphatic rings. The van der Waals surface area contributed by atoms with E-state index < -0.39 is 0 Å². The first kappa shape index (κ1) is 20.5. The van der Waals surface area contributed by atoms with Gasteiger partial charge in [0.25, 0.3) is 0 Å². The van der Waals surface area contributed by atoms with Crippen molar-refractivity contribution in [2.45, 2.75) is 20.8 Å². The molecule has 0 aliphatic carbocycles. The van der Waals surface area contributed by atoms with Crippen LogP contribution in [0.3, 0.4) is 0 Å². The maximum atomic E-state index is 5.02. The molecule has 0 aliphatic heterocycles. The van der Waals surface area contributed by atoms with Gasteiger partial charge in [0.2, 0.25) is 0 Å². The zero-order chi connectivity index (χ0) is 21.6. The lowest BCUT2D eigenvalue weighted by molar-refractivity contribution is 1.39. The Morgan fingerprint density at radius 1 is 0.516 bits per heavy atom. The van der Waals surface area contributed by atoms with Gasteiger partial charge in [-0.3, -0.25) is 9.98 Å². The predicted molar refractivity (Wildman–Crippen MR) is 134 cm³/mol. The van der Waals surface area contributed by atoms with Crippen molar-refractivity contribution in [2.75, 3.05) is 0 Å². The standard InChI is InChI=1S/C29H26N2/c1-21-13-12-19-27(25-16-8-5-9-17-25)29(21)31-23(3)22(2)30-28-20-11-10-18-26(28)24-14-6-4-7-15-24/h4-20H,1-3H3.